The van der Waals surface area contributed by atoms with Crippen molar-refractivity contribution in [3.63, 3.8) is 0 Å². The standard InChI is InChI=1S/C19H24N6/c1-12-9-18(21-19(20-12)14-5-6-14)24(2)15-10-25(11-15)17-8-7-16(22-23-17)13-3-4-13/h7-9,13-15H,3-6,10-11H2,1-2H3. The van der Waals surface area contributed by atoms with Gasteiger partial charge in [-0.3, -0.25) is 0 Å². The van der Waals surface area contributed by atoms with E-state index in [2.05, 4.69) is 57.2 Å². The van der Waals surface area contributed by atoms with Gasteiger partial charge >= 0.3 is 0 Å². The quantitative estimate of drug-likeness (QED) is 0.837. The zero-order valence-corrected chi connectivity index (χ0v) is 14.9. The number of hydrogen-bond donors (Lipinski definition) is 0. The minimum absolute atomic E-state index is 0.464. The molecule has 0 amide bonds. The number of aryl methyl sites for hydroxylation is 1. The van der Waals surface area contributed by atoms with Gasteiger partial charge in [0.25, 0.3) is 0 Å². The molecule has 0 radical (unpaired) electrons. The molecule has 2 aromatic heterocycles. The van der Waals surface area contributed by atoms with Crippen LogP contribution in [-0.2, 0) is 0 Å². The van der Waals surface area contributed by atoms with Gasteiger partial charge in [-0.25, -0.2) is 9.97 Å². The Bertz CT molecular complexity index is 775. The Morgan fingerprint density at radius 3 is 2.40 bits per heavy atom. The molecule has 0 bridgehead atoms. The zero-order valence-electron chi connectivity index (χ0n) is 14.9. The molecule has 0 N–H and O–H groups in total. The van der Waals surface area contributed by atoms with E-state index < -0.39 is 0 Å². The molecule has 0 unspecified atom stereocenters. The lowest BCUT2D eigenvalue weighted by molar-refractivity contribution is 0.486. The largest absolute Gasteiger partial charge is 0.353 e. The maximum Gasteiger partial charge on any atom is 0.151 e. The molecule has 0 atom stereocenters. The highest BCUT2D eigenvalue weighted by molar-refractivity contribution is 5.48. The summed E-state index contributed by atoms with van der Waals surface area (Å²) in [6.45, 7) is 4.00. The van der Waals surface area contributed by atoms with Crippen molar-refractivity contribution >= 4 is 11.6 Å². The van der Waals surface area contributed by atoms with Crippen LogP contribution in [0.5, 0.6) is 0 Å². The molecule has 3 aliphatic rings. The third kappa shape index (κ3) is 2.94. The third-order valence-corrected chi connectivity index (χ3v) is 5.56. The van der Waals surface area contributed by atoms with Gasteiger partial charge in [-0.15, -0.1) is 5.10 Å². The summed E-state index contributed by atoms with van der Waals surface area (Å²) in [5.74, 6) is 4.32. The molecule has 2 aliphatic carbocycles. The van der Waals surface area contributed by atoms with Crippen molar-refractivity contribution in [1.82, 2.24) is 20.2 Å². The molecular weight excluding hydrogens is 312 g/mol. The highest BCUT2D eigenvalue weighted by Crippen LogP contribution is 2.39. The van der Waals surface area contributed by atoms with E-state index in [4.69, 9.17) is 4.98 Å². The molecule has 6 nitrogen and oxygen atoms in total. The first-order chi connectivity index (χ1) is 12.2. The molecule has 3 heterocycles. The Hall–Kier alpha value is -2.24. The second-order valence-corrected chi connectivity index (χ2v) is 7.76. The molecule has 1 aliphatic heterocycles. The van der Waals surface area contributed by atoms with Crippen molar-refractivity contribution < 1.29 is 0 Å². The molecule has 130 valence electrons. The zero-order chi connectivity index (χ0) is 17.0. The van der Waals surface area contributed by atoms with E-state index in [9.17, 15) is 0 Å². The van der Waals surface area contributed by atoms with Crippen LogP contribution in [0.1, 0.15) is 54.7 Å². The van der Waals surface area contributed by atoms with E-state index in [0.29, 0.717) is 17.9 Å². The van der Waals surface area contributed by atoms with Crippen molar-refractivity contribution in [3.05, 3.63) is 35.4 Å². The maximum absolute atomic E-state index is 4.80. The first-order valence-electron chi connectivity index (χ1n) is 9.34. The summed E-state index contributed by atoms with van der Waals surface area (Å²) in [6, 6.07) is 6.83. The molecule has 5 rings (SSSR count). The average Bonchev–Trinajstić information content (AvgIpc) is 3.47. The number of hydrogen-bond acceptors (Lipinski definition) is 6. The number of rotatable bonds is 5. The van der Waals surface area contributed by atoms with Crippen molar-refractivity contribution in [1.29, 1.82) is 0 Å². The normalized spacial score (nSPS) is 20.5. The lowest BCUT2D eigenvalue weighted by Crippen LogP contribution is -2.59. The molecule has 6 heteroatoms. The molecule has 2 saturated carbocycles. The van der Waals surface area contributed by atoms with Crippen molar-refractivity contribution in [2.45, 2.75) is 50.5 Å². The van der Waals surface area contributed by atoms with Crippen LogP contribution >= 0.6 is 0 Å². The fraction of sp³-hybridized carbons (Fsp3) is 0.579. The predicted molar refractivity (Wildman–Crippen MR) is 97.2 cm³/mol. The predicted octanol–water partition coefficient (Wildman–Crippen LogP) is 2.65. The summed E-state index contributed by atoms with van der Waals surface area (Å²) in [5.41, 5.74) is 2.22. The molecule has 0 aromatic carbocycles. The van der Waals surface area contributed by atoms with E-state index in [1.807, 2.05) is 0 Å². The summed E-state index contributed by atoms with van der Waals surface area (Å²) in [5, 5.41) is 8.82. The van der Waals surface area contributed by atoms with Crippen LogP contribution in [0.15, 0.2) is 18.2 Å². The Morgan fingerprint density at radius 1 is 1.00 bits per heavy atom. The second kappa shape index (κ2) is 5.64. The van der Waals surface area contributed by atoms with Gasteiger partial charge in [0.2, 0.25) is 0 Å². The van der Waals surface area contributed by atoms with Gasteiger partial charge in [-0.1, -0.05) is 0 Å². The number of nitrogens with zero attached hydrogens (tertiary/aromatic N) is 6. The number of aromatic nitrogens is 4. The average molecular weight is 336 g/mol. The Labute approximate surface area is 148 Å². The van der Waals surface area contributed by atoms with Gasteiger partial charge < -0.3 is 9.80 Å². The monoisotopic (exact) mass is 336 g/mol. The molecule has 0 spiro atoms. The van der Waals surface area contributed by atoms with E-state index in [1.54, 1.807) is 0 Å². The van der Waals surface area contributed by atoms with Gasteiger partial charge in [-0.2, -0.15) is 5.10 Å². The molecule has 25 heavy (non-hydrogen) atoms. The van der Waals surface area contributed by atoms with Crippen molar-refractivity contribution in [2.24, 2.45) is 0 Å². The van der Waals surface area contributed by atoms with Crippen LogP contribution in [0, 0.1) is 6.92 Å². The highest BCUT2D eigenvalue weighted by atomic mass is 15.4. The number of anilines is 2. The van der Waals surface area contributed by atoms with Crippen LogP contribution in [0.25, 0.3) is 0 Å². The Kier molecular flexibility index (Phi) is 3.40. The topological polar surface area (TPSA) is 58.0 Å². The van der Waals surface area contributed by atoms with Crippen LogP contribution < -0.4 is 9.80 Å². The van der Waals surface area contributed by atoms with Crippen LogP contribution in [0.3, 0.4) is 0 Å². The van der Waals surface area contributed by atoms with Gasteiger partial charge in [0.15, 0.2) is 5.82 Å². The Morgan fingerprint density at radius 2 is 1.76 bits per heavy atom. The van der Waals surface area contributed by atoms with Gasteiger partial charge in [0.05, 0.1) is 11.7 Å². The summed E-state index contributed by atoms with van der Waals surface area (Å²) < 4.78 is 0. The van der Waals surface area contributed by atoms with Crippen LogP contribution in [0.4, 0.5) is 11.6 Å². The van der Waals surface area contributed by atoms with E-state index in [1.165, 1.54) is 25.7 Å². The van der Waals surface area contributed by atoms with Crippen LogP contribution in [-0.4, -0.2) is 46.3 Å². The highest BCUT2D eigenvalue weighted by Gasteiger charge is 2.34. The molecule has 2 aromatic rings. The lowest BCUT2D eigenvalue weighted by Gasteiger charge is -2.44. The first kappa shape index (κ1) is 15.0. The van der Waals surface area contributed by atoms with E-state index in [0.717, 1.165) is 41.9 Å². The lowest BCUT2D eigenvalue weighted by atomic mass is 10.1. The molecule has 3 fully saturated rings. The van der Waals surface area contributed by atoms with Gasteiger partial charge in [0, 0.05) is 43.7 Å². The number of likely N-dealkylation sites (N-methyl/N-ethyl adjacent to an activating group) is 1. The fourth-order valence-corrected chi connectivity index (χ4v) is 3.45. The maximum atomic E-state index is 4.80. The van der Waals surface area contributed by atoms with Crippen molar-refractivity contribution in [2.75, 3.05) is 29.9 Å². The van der Waals surface area contributed by atoms with E-state index >= 15 is 0 Å². The fourth-order valence-electron chi connectivity index (χ4n) is 3.45. The first-order valence-corrected chi connectivity index (χ1v) is 9.34. The second-order valence-electron chi connectivity index (χ2n) is 7.76. The Balaban J connectivity index is 1.25. The summed E-state index contributed by atoms with van der Waals surface area (Å²) in [4.78, 5) is 14.0. The molecule has 1 saturated heterocycles. The smallest absolute Gasteiger partial charge is 0.151 e. The summed E-state index contributed by atoms with van der Waals surface area (Å²) in [6.07, 6.45) is 5.01. The third-order valence-electron chi connectivity index (χ3n) is 5.56. The van der Waals surface area contributed by atoms with Gasteiger partial charge in [-0.05, 0) is 44.7 Å². The van der Waals surface area contributed by atoms with E-state index in [-0.39, 0.29) is 0 Å². The molecular formula is C19H24N6. The summed E-state index contributed by atoms with van der Waals surface area (Å²) >= 11 is 0. The van der Waals surface area contributed by atoms with Crippen molar-refractivity contribution in [3.8, 4) is 0 Å². The summed E-state index contributed by atoms with van der Waals surface area (Å²) in [7, 11) is 2.14. The minimum atomic E-state index is 0.464. The SMILES string of the molecule is Cc1cc(N(C)C2CN(c3ccc(C4CC4)nn3)C2)nc(C2CC2)n1. The van der Waals surface area contributed by atoms with Crippen LogP contribution in [0.2, 0.25) is 0 Å². The minimum Gasteiger partial charge on any atom is -0.353 e. The van der Waals surface area contributed by atoms with Gasteiger partial charge in [0.1, 0.15) is 11.6 Å².